The molecule has 6 nitrogen and oxygen atoms in total. The molecule has 0 heterocycles. The molecule has 71 heavy (non-hydrogen) atoms. The van der Waals surface area contributed by atoms with Gasteiger partial charge in [0.15, 0.2) is 6.10 Å². The lowest BCUT2D eigenvalue weighted by atomic mass is 10.0. The highest BCUT2D eigenvalue weighted by Crippen LogP contribution is 2.17. The molecule has 0 N–H and O–H groups in total. The third kappa shape index (κ3) is 58.1. The number of unbranched alkanes of at least 4 members (excludes halogenated alkanes) is 38. The van der Waals surface area contributed by atoms with Gasteiger partial charge >= 0.3 is 17.9 Å². The monoisotopic (exact) mass is 995 g/mol. The molecule has 6 heteroatoms. The number of allylic oxidation sites excluding steroid dienone is 8. The second-order valence-corrected chi connectivity index (χ2v) is 21.0. The minimum Gasteiger partial charge on any atom is -0.462 e. The fourth-order valence-electron chi connectivity index (χ4n) is 9.09. The van der Waals surface area contributed by atoms with Gasteiger partial charge in [-0.2, -0.15) is 0 Å². The third-order valence-corrected chi connectivity index (χ3v) is 13.8. The Morgan fingerprint density at radius 3 is 0.831 bits per heavy atom. The lowest BCUT2D eigenvalue weighted by Gasteiger charge is -2.18. The summed E-state index contributed by atoms with van der Waals surface area (Å²) in [4.78, 5) is 38.3. The average molecular weight is 996 g/mol. The van der Waals surface area contributed by atoms with E-state index in [9.17, 15) is 14.4 Å². The van der Waals surface area contributed by atoms with E-state index in [0.29, 0.717) is 19.3 Å². The van der Waals surface area contributed by atoms with E-state index in [2.05, 4.69) is 69.4 Å². The summed E-state index contributed by atoms with van der Waals surface area (Å²) in [6.45, 7) is 6.63. The lowest BCUT2D eigenvalue weighted by molar-refractivity contribution is -0.167. The fraction of sp³-hybridized carbons (Fsp3) is 0.831. The smallest absolute Gasteiger partial charge is 0.306 e. The van der Waals surface area contributed by atoms with Gasteiger partial charge in [-0.3, -0.25) is 14.4 Å². The maximum absolute atomic E-state index is 12.9. The molecule has 0 aromatic carbocycles. The summed E-state index contributed by atoms with van der Waals surface area (Å²) in [7, 11) is 0. The summed E-state index contributed by atoms with van der Waals surface area (Å²) in [5, 5.41) is 0. The first-order valence-corrected chi connectivity index (χ1v) is 31.1. The van der Waals surface area contributed by atoms with E-state index in [1.54, 1.807) is 0 Å². The zero-order valence-corrected chi connectivity index (χ0v) is 47.5. The Morgan fingerprint density at radius 1 is 0.282 bits per heavy atom. The van der Waals surface area contributed by atoms with E-state index in [1.165, 1.54) is 199 Å². The molecule has 0 aromatic heterocycles. The highest BCUT2D eigenvalue weighted by Gasteiger charge is 2.19. The SMILES string of the molecule is CCCCC/C=C\C/C=C\C/C=C\CCCCCCC(=O)OC[C@H](COC(=O)CCCCCCC/C=C\CCCCCCCC)OC(=O)CCCCCCCCCCCCCCCCCCCCCCC. The van der Waals surface area contributed by atoms with Crippen LogP contribution in [0.15, 0.2) is 48.6 Å². The average Bonchev–Trinajstić information content (AvgIpc) is 3.37. The zero-order chi connectivity index (χ0) is 51.4. The maximum atomic E-state index is 12.9. The molecule has 414 valence electrons. The van der Waals surface area contributed by atoms with Gasteiger partial charge in [0.2, 0.25) is 0 Å². The van der Waals surface area contributed by atoms with Crippen molar-refractivity contribution in [2.45, 2.75) is 335 Å². The molecule has 0 amide bonds. The van der Waals surface area contributed by atoms with Gasteiger partial charge in [-0.25, -0.2) is 0 Å². The second-order valence-electron chi connectivity index (χ2n) is 21.0. The summed E-state index contributed by atoms with van der Waals surface area (Å²) in [5.74, 6) is -0.892. The minimum absolute atomic E-state index is 0.0816. The van der Waals surface area contributed by atoms with Crippen LogP contribution in [-0.2, 0) is 28.6 Å². The number of hydrogen-bond donors (Lipinski definition) is 0. The first kappa shape index (κ1) is 68.4. The summed E-state index contributed by atoms with van der Waals surface area (Å²) < 4.78 is 16.9. The normalized spacial score (nSPS) is 12.3. The van der Waals surface area contributed by atoms with Gasteiger partial charge in [-0.15, -0.1) is 0 Å². The molecule has 0 saturated heterocycles. The second kappa shape index (κ2) is 59.9. The van der Waals surface area contributed by atoms with Gasteiger partial charge in [-0.1, -0.05) is 275 Å². The Bertz CT molecular complexity index is 1230. The van der Waals surface area contributed by atoms with Crippen LogP contribution in [0, 0.1) is 0 Å². The van der Waals surface area contributed by atoms with Crippen molar-refractivity contribution >= 4 is 17.9 Å². The molecule has 0 aliphatic heterocycles. The van der Waals surface area contributed by atoms with E-state index in [4.69, 9.17) is 14.2 Å². The van der Waals surface area contributed by atoms with Gasteiger partial charge in [0, 0.05) is 19.3 Å². The van der Waals surface area contributed by atoms with Gasteiger partial charge < -0.3 is 14.2 Å². The molecular formula is C65H118O6. The van der Waals surface area contributed by atoms with E-state index in [0.717, 1.165) is 89.9 Å². The Balaban J connectivity index is 4.36. The predicted molar refractivity (Wildman–Crippen MR) is 307 cm³/mol. The third-order valence-electron chi connectivity index (χ3n) is 13.8. The Hall–Kier alpha value is -2.63. The van der Waals surface area contributed by atoms with Crippen molar-refractivity contribution in [3.05, 3.63) is 48.6 Å². The van der Waals surface area contributed by atoms with E-state index >= 15 is 0 Å². The van der Waals surface area contributed by atoms with Gasteiger partial charge in [-0.05, 0) is 83.5 Å². The van der Waals surface area contributed by atoms with Crippen molar-refractivity contribution in [2.24, 2.45) is 0 Å². The Morgan fingerprint density at radius 2 is 0.507 bits per heavy atom. The number of carbonyl (C=O) groups is 3. The Kier molecular flexibility index (Phi) is 57.7. The summed E-state index contributed by atoms with van der Waals surface area (Å²) in [5.41, 5.74) is 0. The van der Waals surface area contributed by atoms with Crippen LogP contribution in [0.25, 0.3) is 0 Å². The van der Waals surface area contributed by atoms with Crippen LogP contribution < -0.4 is 0 Å². The number of esters is 3. The fourth-order valence-corrected chi connectivity index (χ4v) is 9.09. The number of hydrogen-bond acceptors (Lipinski definition) is 6. The van der Waals surface area contributed by atoms with Crippen LogP contribution in [-0.4, -0.2) is 37.2 Å². The summed E-state index contributed by atoms with van der Waals surface area (Å²) in [6, 6.07) is 0. The zero-order valence-electron chi connectivity index (χ0n) is 47.5. The van der Waals surface area contributed by atoms with Crippen molar-refractivity contribution < 1.29 is 28.6 Å². The van der Waals surface area contributed by atoms with Crippen LogP contribution in [0.1, 0.15) is 329 Å². The first-order valence-electron chi connectivity index (χ1n) is 31.1. The molecule has 0 saturated carbocycles. The van der Waals surface area contributed by atoms with Crippen LogP contribution in [0.2, 0.25) is 0 Å². The minimum atomic E-state index is -0.784. The van der Waals surface area contributed by atoms with Crippen LogP contribution in [0.3, 0.4) is 0 Å². The number of carbonyl (C=O) groups excluding carboxylic acids is 3. The van der Waals surface area contributed by atoms with Crippen molar-refractivity contribution in [1.82, 2.24) is 0 Å². The first-order chi connectivity index (χ1) is 35.0. The predicted octanol–water partition coefficient (Wildman–Crippen LogP) is 21.0. The van der Waals surface area contributed by atoms with Crippen LogP contribution in [0.4, 0.5) is 0 Å². The van der Waals surface area contributed by atoms with Crippen molar-refractivity contribution in [2.75, 3.05) is 13.2 Å². The molecule has 0 aromatic rings. The molecule has 0 bridgehead atoms. The highest BCUT2D eigenvalue weighted by molar-refractivity contribution is 5.71. The van der Waals surface area contributed by atoms with Crippen LogP contribution >= 0.6 is 0 Å². The topological polar surface area (TPSA) is 78.9 Å². The quantitative estimate of drug-likeness (QED) is 0.0261. The van der Waals surface area contributed by atoms with Crippen LogP contribution in [0.5, 0.6) is 0 Å². The number of rotatable bonds is 57. The van der Waals surface area contributed by atoms with Gasteiger partial charge in [0.1, 0.15) is 13.2 Å². The van der Waals surface area contributed by atoms with Crippen molar-refractivity contribution in [3.8, 4) is 0 Å². The van der Waals surface area contributed by atoms with E-state index in [1.807, 2.05) is 0 Å². The van der Waals surface area contributed by atoms with E-state index < -0.39 is 6.10 Å². The van der Waals surface area contributed by atoms with E-state index in [-0.39, 0.29) is 31.1 Å². The maximum Gasteiger partial charge on any atom is 0.306 e. The molecule has 0 spiro atoms. The molecular weight excluding hydrogens is 877 g/mol. The van der Waals surface area contributed by atoms with Crippen molar-refractivity contribution in [1.29, 1.82) is 0 Å². The lowest BCUT2D eigenvalue weighted by Crippen LogP contribution is -2.30. The molecule has 0 radical (unpaired) electrons. The molecule has 0 aliphatic carbocycles. The largest absolute Gasteiger partial charge is 0.462 e. The molecule has 1 atom stereocenters. The van der Waals surface area contributed by atoms with Gasteiger partial charge in [0.25, 0.3) is 0 Å². The molecule has 0 rings (SSSR count). The van der Waals surface area contributed by atoms with Crippen molar-refractivity contribution in [3.63, 3.8) is 0 Å². The standard InChI is InChI=1S/C65H118O6/c1-4-7-10-13-16-19-22-25-28-30-31-32-33-35-38-41-44-47-50-53-56-59-65(68)71-62(60-69-63(66)57-54-51-48-45-42-39-36-27-24-21-18-15-12-9-6-3)61-70-64(67)58-55-52-49-46-43-40-37-34-29-26-23-20-17-14-11-8-5-2/h17,20,26-27,29,36-37,40,62H,4-16,18-19,21-25,28,30-35,38-39,41-61H2,1-3H3/b20-17-,29-26-,36-27-,40-37-/t62-/m0/s1. The molecule has 0 aliphatic rings. The Labute approximate surface area is 441 Å². The molecule has 0 unspecified atom stereocenters. The summed E-state index contributed by atoms with van der Waals surface area (Å²) >= 11 is 0. The van der Waals surface area contributed by atoms with Gasteiger partial charge in [0.05, 0.1) is 0 Å². The highest BCUT2D eigenvalue weighted by atomic mass is 16.6. The number of ether oxygens (including phenoxy) is 3. The summed E-state index contributed by atoms with van der Waals surface area (Å²) in [6.07, 6.45) is 73.9. The molecule has 0 fully saturated rings.